The smallest absolute Gasteiger partial charge is 0.316 e. The van der Waals surface area contributed by atoms with Gasteiger partial charge in [0.1, 0.15) is 5.60 Å². The quantitative estimate of drug-likeness (QED) is 0.732. The lowest BCUT2D eigenvalue weighted by molar-refractivity contribution is -0.151. The SMILES string of the molecule is CNC(C)CC(C)SCC(=O)OC(C)(C)C. The fourth-order valence-electron chi connectivity index (χ4n) is 1.27. The van der Waals surface area contributed by atoms with E-state index in [0.29, 0.717) is 17.0 Å². The molecule has 0 saturated carbocycles. The number of carbonyl (C=O) groups excluding carboxylic acids is 1. The Hall–Kier alpha value is -0.220. The highest BCUT2D eigenvalue weighted by atomic mass is 32.2. The van der Waals surface area contributed by atoms with Crippen LogP contribution in [-0.4, -0.2) is 35.7 Å². The molecule has 96 valence electrons. The second-order valence-electron chi connectivity index (χ2n) is 5.13. The zero-order valence-corrected chi connectivity index (χ0v) is 12.1. The first-order valence-electron chi connectivity index (χ1n) is 5.75. The largest absolute Gasteiger partial charge is 0.459 e. The van der Waals surface area contributed by atoms with E-state index in [2.05, 4.69) is 19.2 Å². The van der Waals surface area contributed by atoms with Crippen LogP contribution in [0.1, 0.15) is 41.0 Å². The van der Waals surface area contributed by atoms with Crippen LogP contribution in [0.4, 0.5) is 0 Å². The highest BCUT2D eigenvalue weighted by molar-refractivity contribution is 8.00. The molecule has 0 aliphatic heterocycles. The number of hydrogen-bond donors (Lipinski definition) is 1. The fourth-order valence-corrected chi connectivity index (χ4v) is 2.17. The van der Waals surface area contributed by atoms with Crippen molar-refractivity contribution in [2.24, 2.45) is 0 Å². The molecule has 0 bridgehead atoms. The van der Waals surface area contributed by atoms with Gasteiger partial charge in [0.15, 0.2) is 0 Å². The first-order chi connectivity index (χ1) is 7.24. The molecule has 1 N–H and O–H groups in total. The number of hydrogen-bond acceptors (Lipinski definition) is 4. The van der Waals surface area contributed by atoms with Crippen molar-refractivity contribution in [3.63, 3.8) is 0 Å². The van der Waals surface area contributed by atoms with Gasteiger partial charge in [-0.1, -0.05) is 6.92 Å². The standard InChI is InChI=1S/C12H25NO2S/c1-9(13-6)7-10(2)16-8-11(14)15-12(3,4)5/h9-10,13H,7-8H2,1-6H3. The first-order valence-corrected chi connectivity index (χ1v) is 6.80. The maximum atomic E-state index is 11.5. The molecular weight excluding hydrogens is 222 g/mol. The number of ether oxygens (including phenoxy) is 1. The Labute approximate surface area is 104 Å². The van der Waals surface area contributed by atoms with Crippen molar-refractivity contribution in [3.8, 4) is 0 Å². The van der Waals surface area contributed by atoms with Gasteiger partial charge >= 0.3 is 5.97 Å². The average Bonchev–Trinajstić information content (AvgIpc) is 2.12. The van der Waals surface area contributed by atoms with E-state index in [1.54, 1.807) is 11.8 Å². The van der Waals surface area contributed by atoms with Crippen molar-refractivity contribution >= 4 is 17.7 Å². The van der Waals surface area contributed by atoms with Gasteiger partial charge in [0, 0.05) is 11.3 Å². The number of rotatable bonds is 6. The van der Waals surface area contributed by atoms with Crippen molar-refractivity contribution in [2.75, 3.05) is 12.8 Å². The maximum Gasteiger partial charge on any atom is 0.316 e. The minimum absolute atomic E-state index is 0.124. The van der Waals surface area contributed by atoms with E-state index < -0.39 is 0 Å². The lowest BCUT2D eigenvalue weighted by atomic mass is 10.2. The molecule has 0 amide bonds. The molecule has 0 fully saturated rings. The molecule has 2 unspecified atom stereocenters. The molecule has 0 heterocycles. The van der Waals surface area contributed by atoms with Crippen LogP contribution in [0.15, 0.2) is 0 Å². The molecule has 0 spiro atoms. The summed E-state index contributed by atoms with van der Waals surface area (Å²) < 4.78 is 5.24. The Kier molecular flexibility index (Phi) is 7.07. The van der Waals surface area contributed by atoms with Crippen LogP contribution in [0.25, 0.3) is 0 Å². The monoisotopic (exact) mass is 247 g/mol. The molecular formula is C12H25NO2S. The molecule has 4 heteroatoms. The van der Waals surface area contributed by atoms with Crippen molar-refractivity contribution in [2.45, 2.75) is 57.9 Å². The molecule has 0 radical (unpaired) electrons. The molecule has 0 rings (SSSR count). The third-order valence-electron chi connectivity index (χ3n) is 2.08. The Balaban J connectivity index is 3.75. The number of carbonyl (C=O) groups is 1. The van der Waals surface area contributed by atoms with Gasteiger partial charge < -0.3 is 10.1 Å². The van der Waals surface area contributed by atoms with Gasteiger partial charge in [-0.3, -0.25) is 4.79 Å². The molecule has 0 aliphatic carbocycles. The van der Waals surface area contributed by atoms with E-state index in [0.717, 1.165) is 6.42 Å². The van der Waals surface area contributed by atoms with Crippen LogP contribution >= 0.6 is 11.8 Å². The molecule has 0 aromatic rings. The second kappa shape index (κ2) is 7.17. The zero-order valence-electron chi connectivity index (χ0n) is 11.3. The third kappa shape index (κ3) is 9.04. The topological polar surface area (TPSA) is 38.3 Å². The van der Waals surface area contributed by atoms with Crippen molar-refractivity contribution < 1.29 is 9.53 Å². The highest BCUT2D eigenvalue weighted by Crippen LogP contribution is 2.17. The van der Waals surface area contributed by atoms with Crippen LogP contribution in [0.2, 0.25) is 0 Å². The molecule has 0 aliphatic rings. The molecule has 3 nitrogen and oxygen atoms in total. The van der Waals surface area contributed by atoms with Crippen LogP contribution in [0.3, 0.4) is 0 Å². The van der Waals surface area contributed by atoms with Gasteiger partial charge in [-0.05, 0) is 41.2 Å². The van der Waals surface area contributed by atoms with Crippen molar-refractivity contribution in [1.82, 2.24) is 5.32 Å². The van der Waals surface area contributed by atoms with Crippen LogP contribution in [-0.2, 0) is 9.53 Å². The van der Waals surface area contributed by atoms with Crippen molar-refractivity contribution in [3.05, 3.63) is 0 Å². The van der Waals surface area contributed by atoms with Crippen LogP contribution in [0, 0.1) is 0 Å². The third-order valence-corrected chi connectivity index (χ3v) is 3.25. The van der Waals surface area contributed by atoms with Gasteiger partial charge in [0.2, 0.25) is 0 Å². The van der Waals surface area contributed by atoms with E-state index in [-0.39, 0.29) is 11.6 Å². The average molecular weight is 247 g/mol. The van der Waals surface area contributed by atoms with E-state index in [1.807, 2.05) is 27.8 Å². The van der Waals surface area contributed by atoms with Crippen LogP contribution < -0.4 is 5.32 Å². The molecule has 16 heavy (non-hydrogen) atoms. The summed E-state index contributed by atoms with van der Waals surface area (Å²) in [5, 5.41) is 3.66. The summed E-state index contributed by atoms with van der Waals surface area (Å²) >= 11 is 1.65. The summed E-state index contributed by atoms with van der Waals surface area (Å²) in [7, 11) is 1.95. The van der Waals surface area contributed by atoms with E-state index in [1.165, 1.54) is 0 Å². The normalized spacial score (nSPS) is 15.6. The van der Waals surface area contributed by atoms with Crippen molar-refractivity contribution in [1.29, 1.82) is 0 Å². The number of thioether (sulfide) groups is 1. The maximum absolute atomic E-state index is 11.5. The summed E-state index contributed by atoms with van der Waals surface area (Å²) in [5.41, 5.74) is -0.376. The van der Waals surface area contributed by atoms with Gasteiger partial charge in [-0.15, -0.1) is 11.8 Å². The van der Waals surface area contributed by atoms with Gasteiger partial charge in [0.05, 0.1) is 5.75 Å². The summed E-state index contributed by atoms with van der Waals surface area (Å²) in [6, 6.07) is 0.487. The Morgan fingerprint density at radius 1 is 1.38 bits per heavy atom. The summed E-state index contributed by atoms with van der Waals surface area (Å²) in [6.45, 7) is 9.96. The predicted molar refractivity (Wildman–Crippen MR) is 70.9 cm³/mol. The Morgan fingerprint density at radius 3 is 2.38 bits per heavy atom. The van der Waals surface area contributed by atoms with E-state index >= 15 is 0 Å². The fraction of sp³-hybridized carbons (Fsp3) is 0.917. The molecule has 2 atom stereocenters. The first kappa shape index (κ1) is 15.8. The summed E-state index contributed by atoms with van der Waals surface area (Å²) in [6.07, 6.45) is 1.06. The minimum Gasteiger partial charge on any atom is -0.459 e. The second-order valence-corrected chi connectivity index (χ2v) is 6.56. The molecule has 0 saturated heterocycles. The Bertz CT molecular complexity index is 214. The predicted octanol–water partition coefficient (Wildman–Crippen LogP) is 2.45. The highest BCUT2D eigenvalue weighted by Gasteiger charge is 2.17. The molecule has 0 aromatic heterocycles. The number of nitrogens with one attached hydrogen (secondary N) is 1. The lowest BCUT2D eigenvalue weighted by Crippen LogP contribution is -2.27. The van der Waals surface area contributed by atoms with Gasteiger partial charge in [-0.2, -0.15) is 0 Å². The van der Waals surface area contributed by atoms with Crippen LogP contribution in [0.5, 0.6) is 0 Å². The molecule has 0 aromatic carbocycles. The lowest BCUT2D eigenvalue weighted by Gasteiger charge is -2.20. The summed E-state index contributed by atoms with van der Waals surface area (Å²) in [5.74, 6) is 0.316. The van der Waals surface area contributed by atoms with Gasteiger partial charge in [-0.25, -0.2) is 0 Å². The summed E-state index contributed by atoms with van der Waals surface area (Å²) in [4.78, 5) is 11.5. The van der Waals surface area contributed by atoms with E-state index in [4.69, 9.17) is 4.74 Å². The minimum atomic E-state index is -0.376. The number of esters is 1. The Morgan fingerprint density at radius 2 is 1.94 bits per heavy atom. The van der Waals surface area contributed by atoms with Gasteiger partial charge in [0.25, 0.3) is 0 Å². The zero-order chi connectivity index (χ0) is 12.8. The van der Waals surface area contributed by atoms with E-state index in [9.17, 15) is 4.79 Å².